The van der Waals surface area contributed by atoms with E-state index in [0.29, 0.717) is 11.7 Å². The van der Waals surface area contributed by atoms with Crippen LogP contribution in [0.2, 0.25) is 0 Å². The van der Waals surface area contributed by atoms with Crippen molar-refractivity contribution in [3.05, 3.63) is 94.7 Å². The van der Waals surface area contributed by atoms with E-state index in [4.69, 9.17) is 4.52 Å². The van der Waals surface area contributed by atoms with Gasteiger partial charge in [0.15, 0.2) is 0 Å². The van der Waals surface area contributed by atoms with E-state index in [9.17, 15) is 8.78 Å². The molecular formula is C26H26F2N4OS. The molecule has 0 unspecified atom stereocenters. The first-order valence-electron chi connectivity index (χ1n) is 11.5. The summed E-state index contributed by atoms with van der Waals surface area (Å²) >= 11 is 1.60. The van der Waals surface area contributed by atoms with E-state index in [0.717, 1.165) is 61.6 Å². The molecule has 1 fully saturated rings. The SMILES string of the molecule is Fc1ccc(C(c2ccc(F)cc2)N2CCN(CCCc3nc(-c4cccs4)no3)CC2)cc1. The maximum Gasteiger partial charge on any atom is 0.227 e. The van der Waals surface area contributed by atoms with Crippen molar-refractivity contribution < 1.29 is 13.3 Å². The molecule has 0 atom stereocenters. The van der Waals surface area contributed by atoms with Crippen LogP contribution in [0.1, 0.15) is 29.5 Å². The van der Waals surface area contributed by atoms with Crippen molar-refractivity contribution in [2.75, 3.05) is 32.7 Å². The second-order valence-corrected chi connectivity index (χ2v) is 9.42. The van der Waals surface area contributed by atoms with Gasteiger partial charge in [-0.3, -0.25) is 4.90 Å². The number of aryl methyl sites for hydroxylation is 1. The summed E-state index contributed by atoms with van der Waals surface area (Å²) in [5, 5.41) is 6.08. The van der Waals surface area contributed by atoms with Crippen LogP contribution in [0.3, 0.4) is 0 Å². The molecule has 1 aliphatic rings. The molecule has 0 aliphatic carbocycles. The summed E-state index contributed by atoms with van der Waals surface area (Å²) < 4.78 is 32.5. The van der Waals surface area contributed by atoms with Crippen LogP contribution in [0.25, 0.3) is 10.7 Å². The molecule has 0 bridgehead atoms. The zero-order valence-electron chi connectivity index (χ0n) is 18.7. The van der Waals surface area contributed by atoms with E-state index >= 15 is 0 Å². The van der Waals surface area contributed by atoms with Crippen LogP contribution in [0.4, 0.5) is 8.78 Å². The number of piperazine rings is 1. The zero-order chi connectivity index (χ0) is 23.3. The van der Waals surface area contributed by atoms with Gasteiger partial charge in [-0.25, -0.2) is 8.78 Å². The highest BCUT2D eigenvalue weighted by atomic mass is 32.1. The van der Waals surface area contributed by atoms with Crippen molar-refractivity contribution in [1.82, 2.24) is 19.9 Å². The molecule has 1 saturated heterocycles. The molecule has 0 amide bonds. The molecule has 8 heteroatoms. The number of benzene rings is 2. The molecule has 2 aromatic carbocycles. The monoisotopic (exact) mass is 480 g/mol. The van der Waals surface area contributed by atoms with Gasteiger partial charge in [0, 0.05) is 32.6 Å². The molecule has 4 aromatic rings. The van der Waals surface area contributed by atoms with E-state index in [2.05, 4.69) is 19.9 Å². The van der Waals surface area contributed by atoms with Crippen LogP contribution in [0.15, 0.2) is 70.6 Å². The van der Waals surface area contributed by atoms with Crippen molar-refractivity contribution in [3.63, 3.8) is 0 Å². The van der Waals surface area contributed by atoms with E-state index in [1.54, 1.807) is 11.3 Å². The molecule has 5 rings (SSSR count). The minimum absolute atomic E-state index is 0.0302. The van der Waals surface area contributed by atoms with Gasteiger partial charge in [-0.2, -0.15) is 4.98 Å². The van der Waals surface area contributed by atoms with E-state index in [-0.39, 0.29) is 17.7 Å². The Morgan fingerprint density at radius 1 is 0.882 bits per heavy atom. The lowest BCUT2D eigenvalue weighted by Gasteiger charge is -2.39. The predicted molar refractivity (Wildman–Crippen MR) is 129 cm³/mol. The number of rotatable bonds is 8. The Morgan fingerprint density at radius 3 is 2.12 bits per heavy atom. The Balaban J connectivity index is 1.17. The van der Waals surface area contributed by atoms with E-state index in [1.165, 1.54) is 24.3 Å². The molecule has 0 spiro atoms. The van der Waals surface area contributed by atoms with Crippen LogP contribution in [0.5, 0.6) is 0 Å². The topological polar surface area (TPSA) is 45.4 Å². The van der Waals surface area contributed by atoms with E-state index < -0.39 is 0 Å². The van der Waals surface area contributed by atoms with Crippen molar-refractivity contribution in [2.24, 2.45) is 0 Å². The Hall–Kier alpha value is -2.94. The van der Waals surface area contributed by atoms with Gasteiger partial charge >= 0.3 is 0 Å². The van der Waals surface area contributed by atoms with Crippen LogP contribution in [-0.2, 0) is 6.42 Å². The van der Waals surface area contributed by atoms with E-state index in [1.807, 2.05) is 41.8 Å². The summed E-state index contributed by atoms with van der Waals surface area (Å²) in [6.45, 7) is 4.58. The molecule has 2 aromatic heterocycles. The molecule has 176 valence electrons. The maximum absolute atomic E-state index is 13.5. The zero-order valence-corrected chi connectivity index (χ0v) is 19.6. The lowest BCUT2D eigenvalue weighted by molar-refractivity contribution is 0.108. The van der Waals surface area contributed by atoms with Gasteiger partial charge in [0.05, 0.1) is 10.9 Å². The Kier molecular flexibility index (Phi) is 7.08. The minimum atomic E-state index is -0.254. The van der Waals surface area contributed by atoms with Crippen molar-refractivity contribution in [3.8, 4) is 10.7 Å². The number of halogens is 2. The first kappa shape index (κ1) is 22.8. The Labute approximate surface area is 201 Å². The fourth-order valence-corrected chi connectivity index (χ4v) is 5.11. The Morgan fingerprint density at radius 2 is 1.53 bits per heavy atom. The fraction of sp³-hybridized carbons (Fsp3) is 0.308. The van der Waals surface area contributed by atoms with Crippen molar-refractivity contribution in [1.29, 1.82) is 0 Å². The van der Waals surface area contributed by atoms with Gasteiger partial charge in [0.1, 0.15) is 11.6 Å². The van der Waals surface area contributed by atoms with Gasteiger partial charge in [-0.05, 0) is 59.8 Å². The molecule has 3 heterocycles. The summed E-state index contributed by atoms with van der Waals surface area (Å²) in [6, 6.07) is 17.2. The fourth-order valence-electron chi connectivity index (χ4n) is 4.47. The summed E-state index contributed by atoms with van der Waals surface area (Å²) in [5.41, 5.74) is 2.03. The highest BCUT2D eigenvalue weighted by Gasteiger charge is 2.26. The van der Waals surface area contributed by atoms with Gasteiger partial charge < -0.3 is 9.42 Å². The van der Waals surface area contributed by atoms with Gasteiger partial charge in [0.2, 0.25) is 11.7 Å². The average molecular weight is 481 g/mol. The maximum atomic E-state index is 13.5. The molecule has 34 heavy (non-hydrogen) atoms. The third-order valence-corrected chi connectivity index (χ3v) is 7.08. The van der Waals surface area contributed by atoms with Crippen LogP contribution < -0.4 is 0 Å². The third-order valence-electron chi connectivity index (χ3n) is 6.22. The van der Waals surface area contributed by atoms with Gasteiger partial charge in [0.25, 0.3) is 0 Å². The molecule has 1 aliphatic heterocycles. The summed E-state index contributed by atoms with van der Waals surface area (Å²) in [6.07, 6.45) is 1.71. The molecular weight excluding hydrogens is 454 g/mol. The van der Waals surface area contributed by atoms with Crippen LogP contribution >= 0.6 is 11.3 Å². The number of aromatic nitrogens is 2. The molecule has 0 N–H and O–H groups in total. The first-order valence-corrected chi connectivity index (χ1v) is 12.4. The molecule has 5 nitrogen and oxygen atoms in total. The summed E-state index contributed by atoms with van der Waals surface area (Å²) in [4.78, 5) is 10.4. The minimum Gasteiger partial charge on any atom is -0.339 e. The highest BCUT2D eigenvalue weighted by Crippen LogP contribution is 2.30. The molecule has 0 radical (unpaired) electrons. The second kappa shape index (κ2) is 10.5. The predicted octanol–water partition coefficient (Wildman–Crippen LogP) is 5.42. The lowest BCUT2D eigenvalue weighted by Crippen LogP contribution is -2.48. The summed E-state index contributed by atoms with van der Waals surface area (Å²) in [5.74, 6) is 0.825. The number of hydrogen-bond donors (Lipinski definition) is 0. The number of thiophene rings is 1. The first-order chi connectivity index (χ1) is 16.7. The standard InChI is InChI=1S/C26H26F2N4OS/c27-21-9-5-19(6-10-21)25(20-7-11-22(28)12-8-20)32-16-14-31(15-17-32)13-1-4-24-29-26(30-33-24)23-3-2-18-34-23/h2-3,5-12,18,25H,1,4,13-17H2. The van der Waals surface area contributed by atoms with Crippen molar-refractivity contribution in [2.45, 2.75) is 18.9 Å². The normalized spacial score (nSPS) is 15.3. The quantitative estimate of drug-likeness (QED) is 0.337. The summed E-state index contributed by atoms with van der Waals surface area (Å²) in [7, 11) is 0. The average Bonchev–Trinajstić information content (AvgIpc) is 3.55. The largest absolute Gasteiger partial charge is 0.339 e. The van der Waals surface area contributed by atoms with Gasteiger partial charge in [-0.15, -0.1) is 11.3 Å². The van der Waals surface area contributed by atoms with Crippen LogP contribution in [-0.4, -0.2) is 52.7 Å². The number of hydrogen-bond acceptors (Lipinski definition) is 6. The number of nitrogens with zero attached hydrogens (tertiary/aromatic N) is 4. The highest BCUT2D eigenvalue weighted by molar-refractivity contribution is 7.13. The second-order valence-electron chi connectivity index (χ2n) is 8.48. The van der Waals surface area contributed by atoms with Gasteiger partial charge in [-0.1, -0.05) is 35.5 Å². The van der Waals surface area contributed by atoms with Crippen molar-refractivity contribution >= 4 is 11.3 Å². The third kappa shape index (κ3) is 5.41. The smallest absolute Gasteiger partial charge is 0.227 e. The molecule has 0 saturated carbocycles. The Bertz CT molecular complexity index is 1130. The van der Waals surface area contributed by atoms with Crippen LogP contribution in [0, 0.1) is 11.6 Å². The lowest BCUT2D eigenvalue weighted by atomic mass is 9.96.